The van der Waals surface area contributed by atoms with Gasteiger partial charge in [-0.1, -0.05) is 18.6 Å². The highest BCUT2D eigenvalue weighted by atomic mass is 16.4. The van der Waals surface area contributed by atoms with Crippen molar-refractivity contribution < 1.29 is 13.9 Å². The molecule has 5 rings (SSSR count). The maximum atomic E-state index is 12.4. The zero-order chi connectivity index (χ0) is 23.1. The van der Waals surface area contributed by atoms with Crippen molar-refractivity contribution >= 4 is 21.9 Å². The van der Waals surface area contributed by atoms with Crippen LogP contribution in [0.15, 0.2) is 44.1 Å². The van der Waals surface area contributed by atoms with Crippen LogP contribution in [0.1, 0.15) is 48.1 Å². The number of benzene rings is 1. The lowest BCUT2D eigenvalue weighted by Crippen LogP contribution is -2.39. The highest BCUT2D eigenvalue weighted by Crippen LogP contribution is 2.36. The largest absolute Gasteiger partial charge is 0.454 e. The minimum Gasteiger partial charge on any atom is -0.454 e. The number of pyridine rings is 1. The van der Waals surface area contributed by atoms with Crippen LogP contribution in [0.25, 0.3) is 33.3 Å². The molecule has 6 nitrogen and oxygen atoms in total. The summed E-state index contributed by atoms with van der Waals surface area (Å²) in [6.45, 7) is 7.92. The van der Waals surface area contributed by atoms with E-state index in [0.29, 0.717) is 17.4 Å². The third-order valence-corrected chi connectivity index (χ3v) is 7.10. The minimum atomic E-state index is -0.387. The fourth-order valence-electron chi connectivity index (χ4n) is 5.09. The van der Waals surface area contributed by atoms with E-state index in [1.165, 1.54) is 18.9 Å². The van der Waals surface area contributed by atoms with Gasteiger partial charge < -0.3 is 13.9 Å². The summed E-state index contributed by atoms with van der Waals surface area (Å²) in [5.74, 6) is 0.647. The molecule has 6 heteroatoms. The van der Waals surface area contributed by atoms with Crippen LogP contribution in [0, 0.1) is 20.8 Å². The molecule has 1 aromatic carbocycles. The van der Waals surface area contributed by atoms with Gasteiger partial charge in [0.15, 0.2) is 5.58 Å². The molecule has 0 saturated carbocycles. The van der Waals surface area contributed by atoms with Crippen molar-refractivity contribution in [2.45, 2.75) is 59.0 Å². The fraction of sp³-hybridized carbons (Fsp3) is 0.407. The van der Waals surface area contributed by atoms with Gasteiger partial charge in [0.05, 0.1) is 5.69 Å². The summed E-state index contributed by atoms with van der Waals surface area (Å²) < 4.78 is 11.9. The highest BCUT2D eigenvalue weighted by molar-refractivity contribution is 5.97. The van der Waals surface area contributed by atoms with Crippen LogP contribution in [0.5, 0.6) is 0 Å². The molecule has 1 aliphatic rings. The van der Waals surface area contributed by atoms with E-state index >= 15 is 0 Å². The van der Waals surface area contributed by atoms with Crippen LogP contribution in [0.2, 0.25) is 0 Å². The second-order valence-corrected chi connectivity index (χ2v) is 9.22. The van der Waals surface area contributed by atoms with Gasteiger partial charge in [-0.25, -0.2) is 4.79 Å². The summed E-state index contributed by atoms with van der Waals surface area (Å²) >= 11 is 0. The Bertz CT molecular complexity index is 1380. The molecule has 0 spiro atoms. The van der Waals surface area contributed by atoms with Gasteiger partial charge in [-0.05, 0) is 69.3 Å². The zero-order valence-electron chi connectivity index (χ0n) is 19.5. The third kappa shape index (κ3) is 3.98. The van der Waals surface area contributed by atoms with Gasteiger partial charge in [0.1, 0.15) is 11.3 Å². The number of aliphatic hydroxyl groups excluding tert-OH is 1. The number of fused-ring (bicyclic) bond motifs is 2. The third-order valence-electron chi connectivity index (χ3n) is 7.10. The molecule has 1 fully saturated rings. The number of aryl methyl sites for hydroxylation is 3. The van der Waals surface area contributed by atoms with Crippen molar-refractivity contribution in [2.75, 3.05) is 13.2 Å². The summed E-state index contributed by atoms with van der Waals surface area (Å²) in [4.78, 5) is 19.5. The smallest absolute Gasteiger partial charge is 0.336 e. The number of hydrogen-bond donors (Lipinski definition) is 1. The van der Waals surface area contributed by atoms with Crippen molar-refractivity contribution in [3.8, 4) is 11.3 Å². The first kappa shape index (κ1) is 21.9. The molecule has 1 N–H and O–H groups in total. The van der Waals surface area contributed by atoms with Crippen LogP contribution in [-0.2, 0) is 6.54 Å². The standard InChI is InChI=1S/C27H30N2O4/c1-16-7-8-21-23(13-25(31)33-26(21)17(16)2)24-12-22-19(14-28-18(3)27(22)32-24)15-29-10-5-4-6-20(29)9-11-30/h7-8,12-14,20,30H,4-6,9-11,15H2,1-3H3/t20-/m1/s1. The molecule has 0 bridgehead atoms. The molecule has 0 amide bonds. The molecule has 3 aromatic heterocycles. The Labute approximate surface area is 192 Å². The van der Waals surface area contributed by atoms with Crippen molar-refractivity contribution in [3.63, 3.8) is 0 Å². The van der Waals surface area contributed by atoms with E-state index < -0.39 is 0 Å². The van der Waals surface area contributed by atoms with Crippen LogP contribution in [0.3, 0.4) is 0 Å². The summed E-state index contributed by atoms with van der Waals surface area (Å²) in [6, 6.07) is 7.97. The molecule has 1 saturated heterocycles. The molecule has 0 aliphatic carbocycles. The van der Waals surface area contributed by atoms with Crippen LogP contribution in [-0.4, -0.2) is 34.2 Å². The van der Waals surface area contributed by atoms with Gasteiger partial charge in [0, 0.05) is 47.8 Å². The molecule has 4 heterocycles. The van der Waals surface area contributed by atoms with Crippen molar-refractivity contribution in [1.82, 2.24) is 9.88 Å². The summed E-state index contributed by atoms with van der Waals surface area (Å²) in [5.41, 5.74) is 5.68. The monoisotopic (exact) mass is 446 g/mol. The Morgan fingerprint density at radius 2 is 1.94 bits per heavy atom. The topological polar surface area (TPSA) is 79.7 Å². The number of aromatic nitrogens is 1. The van der Waals surface area contributed by atoms with E-state index in [0.717, 1.165) is 70.2 Å². The van der Waals surface area contributed by atoms with E-state index in [2.05, 4.69) is 9.88 Å². The van der Waals surface area contributed by atoms with Crippen molar-refractivity contribution in [3.05, 3.63) is 63.3 Å². The van der Waals surface area contributed by atoms with E-state index in [4.69, 9.17) is 8.83 Å². The second-order valence-electron chi connectivity index (χ2n) is 9.22. The Morgan fingerprint density at radius 1 is 1.09 bits per heavy atom. The fourth-order valence-corrected chi connectivity index (χ4v) is 5.09. The lowest BCUT2D eigenvalue weighted by atomic mass is 9.98. The lowest BCUT2D eigenvalue weighted by Gasteiger charge is -2.35. The first-order valence-corrected chi connectivity index (χ1v) is 11.7. The quantitative estimate of drug-likeness (QED) is 0.421. The maximum Gasteiger partial charge on any atom is 0.336 e. The van der Waals surface area contributed by atoms with Crippen molar-refractivity contribution in [2.24, 2.45) is 0 Å². The zero-order valence-corrected chi connectivity index (χ0v) is 19.5. The number of piperidine rings is 1. The molecule has 0 radical (unpaired) electrons. The summed E-state index contributed by atoms with van der Waals surface area (Å²) in [5, 5.41) is 11.4. The van der Waals surface area contributed by atoms with Gasteiger partial charge in [0.2, 0.25) is 0 Å². The predicted molar refractivity (Wildman–Crippen MR) is 129 cm³/mol. The Balaban J connectivity index is 1.62. The molecule has 1 atom stereocenters. The van der Waals surface area contributed by atoms with Crippen molar-refractivity contribution in [1.29, 1.82) is 0 Å². The first-order chi connectivity index (χ1) is 16.0. The maximum absolute atomic E-state index is 12.4. The summed E-state index contributed by atoms with van der Waals surface area (Å²) in [6.07, 6.45) is 6.23. The van der Waals surface area contributed by atoms with E-state index in [1.54, 1.807) is 0 Å². The van der Waals surface area contributed by atoms with Gasteiger partial charge >= 0.3 is 5.63 Å². The highest BCUT2D eigenvalue weighted by Gasteiger charge is 2.24. The molecular weight excluding hydrogens is 416 g/mol. The number of aliphatic hydroxyl groups is 1. The number of hydrogen-bond acceptors (Lipinski definition) is 6. The average Bonchev–Trinajstić information content (AvgIpc) is 3.26. The van der Waals surface area contributed by atoms with Crippen LogP contribution in [0.4, 0.5) is 0 Å². The number of likely N-dealkylation sites (tertiary alicyclic amines) is 1. The molecular formula is C27H30N2O4. The molecule has 4 aromatic rings. The average molecular weight is 447 g/mol. The van der Waals surface area contributed by atoms with Crippen LogP contribution < -0.4 is 5.63 Å². The number of rotatable bonds is 5. The normalized spacial score (nSPS) is 17.3. The van der Waals surface area contributed by atoms with Gasteiger partial charge in [-0.2, -0.15) is 0 Å². The van der Waals surface area contributed by atoms with E-state index in [-0.39, 0.29) is 12.2 Å². The lowest BCUT2D eigenvalue weighted by molar-refractivity contribution is 0.113. The number of nitrogens with zero attached hydrogens (tertiary/aromatic N) is 2. The Kier molecular flexibility index (Phi) is 5.81. The first-order valence-electron chi connectivity index (χ1n) is 11.7. The molecule has 33 heavy (non-hydrogen) atoms. The van der Waals surface area contributed by atoms with Gasteiger partial charge in [0.25, 0.3) is 0 Å². The van der Waals surface area contributed by atoms with E-state index in [1.807, 2.05) is 45.2 Å². The SMILES string of the molecule is Cc1ccc2c(-c3cc4c(CN5CCCC[C@@H]5CCO)cnc(C)c4o3)cc(=O)oc2c1C. The Hall–Kier alpha value is -2.96. The predicted octanol–water partition coefficient (Wildman–Crippen LogP) is 5.26. The van der Waals surface area contributed by atoms with Crippen LogP contribution >= 0.6 is 0 Å². The molecule has 0 unspecified atom stereocenters. The van der Waals surface area contributed by atoms with Gasteiger partial charge in [-0.15, -0.1) is 0 Å². The molecule has 172 valence electrons. The second kappa shape index (κ2) is 8.76. The number of furan rings is 1. The molecule has 1 aliphatic heterocycles. The minimum absolute atomic E-state index is 0.209. The Morgan fingerprint density at radius 3 is 2.76 bits per heavy atom. The van der Waals surface area contributed by atoms with Gasteiger partial charge in [-0.3, -0.25) is 9.88 Å². The summed E-state index contributed by atoms with van der Waals surface area (Å²) in [7, 11) is 0. The van der Waals surface area contributed by atoms with E-state index in [9.17, 15) is 9.90 Å².